The highest BCUT2D eigenvalue weighted by Gasteiger charge is 2.27. The first-order valence-corrected chi connectivity index (χ1v) is 5.60. The van der Waals surface area contributed by atoms with Crippen molar-refractivity contribution in [2.45, 2.75) is 31.8 Å². The fourth-order valence-corrected chi connectivity index (χ4v) is 2.28. The first-order valence-electron chi connectivity index (χ1n) is 5.60. The van der Waals surface area contributed by atoms with Gasteiger partial charge in [0.25, 0.3) is 0 Å². The van der Waals surface area contributed by atoms with Gasteiger partial charge in [-0.1, -0.05) is 19.1 Å². The van der Waals surface area contributed by atoms with Gasteiger partial charge in [-0.2, -0.15) is 0 Å². The van der Waals surface area contributed by atoms with Crippen LogP contribution in [-0.4, -0.2) is 19.8 Å². The third-order valence-electron chi connectivity index (χ3n) is 3.16. The second-order valence-electron chi connectivity index (χ2n) is 3.99. The van der Waals surface area contributed by atoms with Gasteiger partial charge < -0.3 is 9.47 Å². The lowest BCUT2D eigenvalue weighted by Gasteiger charge is -2.17. The molecule has 2 nitrogen and oxygen atoms in total. The summed E-state index contributed by atoms with van der Waals surface area (Å²) in [5.41, 5.74) is 1.38. The van der Waals surface area contributed by atoms with Crippen LogP contribution in [0.4, 0.5) is 0 Å². The zero-order valence-corrected chi connectivity index (χ0v) is 9.40. The molecule has 1 aliphatic heterocycles. The molecule has 1 heterocycles. The number of hydrogen-bond acceptors (Lipinski definition) is 2. The summed E-state index contributed by atoms with van der Waals surface area (Å²) in [5.74, 6) is 1.49. The van der Waals surface area contributed by atoms with Crippen LogP contribution in [0, 0.1) is 0 Å². The maximum absolute atomic E-state index is 5.69. The number of rotatable bonds is 3. The van der Waals surface area contributed by atoms with Crippen molar-refractivity contribution in [2.75, 3.05) is 13.7 Å². The van der Waals surface area contributed by atoms with E-state index in [-0.39, 0.29) is 0 Å². The minimum absolute atomic E-state index is 0.401. The summed E-state index contributed by atoms with van der Waals surface area (Å²) in [4.78, 5) is 0. The molecule has 1 aromatic carbocycles. The molecule has 0 radical (unpaired) electrons. The molecule has 1 aliphatic rings. The van der Waals surface area contributed by atoms with Crippen molar-refractivity contribution in [1.82, 2.24) is 0 Å². The molecular weight excluding hydrogens is 188 g/mol. The third kappa shape index (κ3) is 2.15. The number of methoxy groups -OCH3 is 1. The maximum Gasteiger partial charge on any atom is 0.118 e. The van der Waals surface area contributed by atoms with Crippen molar-refractivity contribution < 1.29 is 9.47 Å². The Bertz CT molecular complexity index is 305. The largest absolute Gasteiger partial charge is 0.497 e. The maximum atomic E-state index is 5.69. The molecular formula is C13H18O2. The van der Waals surface area contributed by atoms with Crippen molar-refractivity contribution in [2.24, 2.45) is 0 Å². The molecule has 1 fully saturated rings. The van der Waals surface area contributed by atoms with E-state index in [2.05, 4.69) is 19.1 Å². The van der Waals surface area contributed by atoms with E-state index in [4.69, 9.17) is 9.47 Å². The lowest BCUT2D eigenvalue weighted by molar-refractivity contribution is 0.101. The first kappa shape index (κ1) is 10.5. The molecule has 0 saturated carbocycles. The number of benzene rings is 1. The van der Waals surface area contributed by atoms with Gasteiger partial charge in [0.15, 0.2) is 0 Å². The van der Waals surface area contributed by atoms with Crippen LogP contribution in [0.5, 0.6) is 5.75 Å². The molecule has 0 N–H and O–H groups in total. The van der Waals surface area contributed by atoms with Gasteiger partial charge in [-0.3, -0.25) is 0 Å². The van der Waals surface area contributed by atoms with Crippen LogP contribution in [0.25, 0.3) is 0 Å². The first-order chi connectivity index (χ1) is 7.35. The highest BCUT2D eigenvalue weighted by Crippen LogP contribution is 2.33. The van der Waals surface area contributed by atoms with Gasteiger partial charge in [0.2, 0.25) is 0 Å². The summed E-state index contributed by atoms with van der Waals surface area (Å²) in [6, 6.07) is 8.36. The molecule has 2 unspecified atom stereocenters. The van der Waals surface area contributed by atoms with E-state index in [0.29, 0.717) is 12.0 Å². The van der Waals surface area contributed by atoms with Gasteiger partial charge >= 0.3 is 0 Å². The third-order valence-corrected chi connectivity index (χ3v) is 3.16. The highest BCUT2D eigenvalue weighted by molar-refractivity contribution is 5.30. The van der Waals surface area contributed by atoms with Crippen LogP contribution < -0.4 is 4.74 Å². The lowest BCUT2D eigenvalue weighted by atomic mass is 9.91. The zero-order chi connectivity index (χ0) is 10.7. The van der Waals surface area contributed by atoms with Gasteiger partial charge in [0.05, 0.1) is 13.2 Å². The molecule has 0 spiro atoms. The smallest absolute Gasteiger partial charge is 0.118 e. The Kier molecular flexibility index (Phi) is 3.27. The molecule has 2 rings (SSSR count). The summed E-state index contributed by atoms with van der Waals surface area (Å²) >= 11 is 0. The summed E-state index contributed by atoms with van der Waals surface area (Å²) in [6.45, 7) is 3.09. The molecule has 0 aliphatic carbocycles. The van der Waals surface area contributed by atoms with E-state index in [9.17, 15) is 0 Å². The van der Waals surface area contributed by atoms with Gasteiger partial charge in [-0.05, 0) is 30.5 Å². The van der Waals surface area contributed by atoms with E-state index in [1.807, 2.05) is 12.1 Å². The Hall–Kier alpha value is -1.02. The molecule has 2 heteroatoms. The van der Waals surface area contributed by atoms with E-state index in [1.165, 1.54) is 5.56 Å². The monoisotopic (exact) mass is 206 g/mol. The lowest BCUT2D eigenvalue weighted by Crippen LogP contribution is -2.12. The Morgan fingerprint density at radius 1 is 1.33 bits per heavy atom. The van der Waals surface area contributed by atoms with Crippen molar-refractivity contribution >= 4 is 0 Å². The minimum Gasteiger partial charge on any atom is -0.497 e. The average Bonchev–Trinajstić information content (AvgIpc) is 2.77. The normalized spacial score (nSPS) is 25.5. The van der Waals surface area contributed by atoms with Crippen LogP contribution in [0.15, 0.2) is 24.3 Å². The molecule has 1 saturated heterocycles. The van der Waals surface area contributed by atoms with Crippen LogP contribution in [0.3, 0.4) is 0 Å². The Morgan fingerprint density at radius 2 is 2.07 bits per heavy atom. The summed E-state index contributed by atoms with van der Waals surface area (Å²) in [7, 11) is 1.70. The Morgan fingerprint density at radius 3 is 2.67 bits per heavy atom. The molecule has 82 valence electrons. The number of hydrogen-bond donors (Lipinski definition) is 0. The predicted octanol–water partition coefficient (Wildman–Crippen LogP) is 2.98. The minimum atomic E-state index is 0.401. The van der Waals surface area contributed by atoms with Gasteiger partial charge in [0.1, 0.15) is 5.75 Å². The SMILES string of the molecule is CCC1OCCC1c1ccc(OC)cc1. The highest BCUT2D eigenvalue weighted by atomic mass is 16.5. The average molecular weight is 206 g/mol. The molecule has 15 heavy (non-hydrogen) atoms. The van der Waals surface area contributed by atoms with Crippen molar-refractivity contribution in [3.05, 3.63) is 29.8 Å². The summed E-state index contributed by atoms with van der Waals surface area (Å²) < 4.78 is 10.8. The standard InChI is InChI=1S/C13H18O2/c1-3-13-12(8-9-15-13)10-4-6-11(14-2)7-5-10/h4-7,12-13H,3,8-9H2,1-2H3. The van der Waals surface area contributed by atoms with Crippen LogP contribution >= 0.6 is 0 Å². The second-order valence-corrected chi connectivity index (χ2v) is 3.99. The fraction of sp³-hybridized carbons (Fsp3) is 0.538. The quantitative estimate of drug-likeness (QED) is 0.757. The van der Waals surface area contributed by atoms with E-state index < -0.39 is 0 Å². The molecule has 1 aromatic rings. The fourth-order valence-electron chi connectivity index (χ4n) is 2.28. The van der Waals surface area contributed by atoms with Gasteiger partial charge in [-0.25, -0.2) is 0 Å². The topological polar surface area (TPSA) is 18.5 Å². The molecule has 0 amide bonds. The van der Waals surface area contributed by atoms with Crippen LogP contribution in [0.2, 0.25) is 0 Å². The molecule has 0 bridgehead atoms. The Labute approximate surface area is 91.2 Å². The van der Waals surface area contributed by atoms with Crippen molar-refractivity contribution in [1.29, 1.82) is 0 Å². The van der Waals surface area contributed by atoms with Gasteiger partial charge in [-0.15, -0.1) is 0 Å². The van der Waals surface area contributed by atoms with Gasteiger partial charge in [0, 0.05) is 12.5 Å². The summed E-state index contributed by atoms with van der Waals surface area (Å²) in [6.07, 6.45) is 2.64. The second kappa shape index (κ2) is 4.67. The molecule has 0 aromatic heterocycles. The van der Waals surface area contributed by atoms with Crippen LogP contribution in [-0.2, 0) is 4.74 Å². The summed E-state index contributed by atoms with van der Waals surface area (Å²) in [5, 5.41) is 0. The Balaban J connectivity index is 2.14. The predicted molar refractivity (Wildman–Crippen MR) is 60.4 cm³/mol. The van der Waals surface area contributed by atoms with Crippen molar-refractivity contribution in [3.63, 3.8) is 0 Å². The van der Waals surface area contributed by atoms with Crippen LogP contribution in [0.1, 0.15) is 31.2 Å². The zero-order valence-electron chi connectivity index (χ0n) is 9.40. The van der Waals surface area contributed by atoms with E-state index in [1.54, 1.807) is 7.11 Å². The molecule has 2 atom stereocenters. The van der Waals surface area contributed by atoms with E-state index in [0.717, 1.165) is 25.2 Å². The number of ether oxygens (including phenoxy) is 2. The van der Waals surface area contributed by atoms with Crippen molar-refractivity contribution in [3.8, 4) is 5.75 Å². The van der Waals surface area contributed by atoms with E-state index >= 15 is 0 Å².